The summed E-state index contributed by atoms with van der Waals surface area (Å²) in [6, 6.07) is 3.99. The maximum Gasteiger partial charge on any atom is 0.127 e. The van der Waals surface area contributed by atoms with Gasteiger partial charge >= 0.3 is 0 Å². The zero-order chi connectivity index (χ0) is 14.0. The average molecular weight is 264 g/mol. The topological polar surface area (TPSA) is 38.7 Å². The summed E-state index contributed by atoms with van der Waals surface area (Å²) in [7, 11) is 1.66. The summed E-state index contributed by atoms with van der Waals surface area (Å²) in [5, 5.41) is 10.6. The van der Waals surface area contributed by atoms with Crippen molar-refractivity contribution in [3.8, 4) is 5.75 Å². The third kappa shape index (κ3) is 2.93. The molecule has 106 valence electrons. The fraction of sp³-hybridized carbons (Fsp3) is 0.625. The minimum absolute atomic E-state index is 0.110. The minimum atomic E-state index is -0.610. The first-order valence-electron chi connectivity index (χ1n) is 7.03. The van der Waals surface area contributed by atoms with Gasteiger partial charge in [0.15, 0.2) is 0 Å². The van der Waals surface area contributed by atoms with E-state index >= 15 is 0 Å². The van der Waals surface area contributed by atoms with E-state index in [0.717, 1.165) is 29.7 Å². The van der Waals surface area contributed by atoms with E-state index in [-0.39, 0.29) is 6.10 Å². The SMILES string of the molecule is CCOC(C1CC1)C(O)c1ccc(C)c(C)c1OC. The molecular weight excluding hydrogens is 240 g/mol. The van der Waals surface area contributed by atoms with E-state index in [0.29, 0.717) is 12.5 Å². The minimum Gasteiger partial charge on any atom is -0.496 e. The predicted molar refractivity (Wildman–Crippen MR) is 75.6 cm³/mol. The highest BCUT2D eigenvalue weighted by atomic mass is 16.5. The lowest BCUT2D eigenvalue weighted by atomic mass is 9.96. The number of benzene rings is 1. The highest BCUT2D eigenvalue weighted by Gasteiger charge is 2.38. The maximum atomic E-state index is 10.6. The molecule has 0 heterocycles. The molecule has 2 rings (SSSR count). The monoisotopic (exact) mass is 264 g/mol. The molecule has 0 saturated heterocycles. The van der Waals surface area contributed by atoms with Crippen molar-refractivity contribution in [3.05, 3.63) is 28.8 Å². The van der Waals surface area contributed by atoms with Crippen molar-refractivity contribution < 1.29 is 14.6 Å². The number of rotatable bonds is 6. The molecule has 2 unspecified atom stereocenters. The second-order valence-electron chi connectivity index (χ2n) is 5.33. The van der Waals surface area contributed by atoms with Gasteiger partial charge in [0, 0.05) is 12.2 Å². The van der Waals surface area contributed by atoms with Crippen LogP contribution in [0.4, 0.5) is 0 Å². The summed E-state index contributed by atoms with van der Waals surface area (Å²) >= 11 is 0. The molecule has 0 aliphatic heterocycles. The van der Waals surface area contributed by atoms with Crippen molar-refractivity contribution in [2.75, 3.05) is 13.7 Å². The van der Waals surface area contributed by atoms with Crippen LogP contribution in [0.3, 0.4) is 0 Å². The first kappa shape index (κ1) is 14.4. The number of aryl methyl sites for hydroxylation is 1. The van der Waals surface area contributed by atoms with E-state index in [9.17, 15) is 5.11 Å². The molecule has 0 spiro atoms. The van der Waals surface area contributed by atoms with Crippen molar-refractivity contribution >= 4 is 0 Å². The Labute approximate surface area is 115 Å². The molecule has 0 radical (unpaired) electrons. The molecule has 19 heavy (non-hydrogen) atoms. The molecule has 1 fully saturated rings. The van der Waals surface area contributed by atoms with Crippen LogP contribution >= 0.6 is 0 Å². The second-order valence-corrected chi connectivity index (χ2v) is 5.33. The Morgan fingerprint density at radius 2 is 2.00 bits per heavy atom. The Morgan fingerprint density at radius 1 is 1.32 bits per heavy atom. The Kier molecular flexibility index (Phi) is 4.48. The highest BCUT2D eigenvalue weighted by Crippen LogP contribution is 2.42. The molecular formula is C16H24O3. The lowest BCUT2D eigenvalue weighted by molar-refractivity contribution is -0.0469. The highest BCUT2D eigenvalue weighted by molar-refractivity contribution is 5.46. The van der Waals surface area contributed by atoms with Crippen LogP contribution in [-0.2, 0) is 4.74 Å². The zero-order valence-electron chi connectivity index (χ0n) is 12.3. The number of aliphatic hydroxyl groups excluding tert-OH is 1. The Hall–Kier alpha value is -1.06. The lowest BCUT2D eigenvalue weighted by Crippen LogP contribution is -2.25. The molecule has 0 amide bonds. The van der Waals surface area contributed by atoms with Gasteiger partial charge in [-0.2, -0.15) is 0 Å². The maximum absolute atomic E-state index is 10.6. The number of aliphatic hydroxyl groups is 1. The Balaban J connectivity index is 2.31. The van der Waals surface area contributed by atoms with Gasteiger partial charge in [0.05, 0.1) is 13.2 Å². The molecule has 1 aromatic carbocycles. The van der Waals surface area contributed by atoms with E-state index < -0.39 is 6.10 Å². The number of hydrogen-bond acceptors (Lipinski definition) is 3. The number of hydrogen-bond donors (Lipinski definition) is 1. The van der Waals surface area contributed by atoms with Crippen LogP contribution in [0.25, 0.3) is 0 Å². The molecule has 2 atom stereocenters. The number of methoxy groups -OCH3 is 1. The van der Waals surface area contributed by atoms with Gasteiger partial charge in [0.1, 0.15) is 11.9 Å². The van der Waals surface area contributed by atoms with Gasteiger partial charge in [-0.05, 0) is 50.7 Å². The molecule has 0 bridgehead atoms. The molecule has 1 aromatic rings. The van der Waals surface area contributed by atoms with Gasteiger partial charge in [-0.25, -0.2) is 0 Å². The molecule has 1 N–H and O–H groups in total. The van der Waals surface area contributed by atoms with Gasteiger partial charge in [-0.3, -0.25) is 0 Å². The number of ether oxygens (including phenoxy) is 2. The van der Waals surface area contributed by atoms with Gasteiger partial charge in [0.25, 0.3) is 0 Å². The van der Waals surface area contributed by atoms with Crippen LogP contribution in [0.2, 0.25) is 0 Å². The third-order valence-corrected chi connectivity index (χ3v) is 3.99. The van der Waals surface area contributed by atoms with Gasteiger partial charge in [-0.1, -0.05) is 12.1 Å². The van der Waals surface area contributed by atoms with Crippen LogP contribution in [0, 0.1) is 19.8 Å². The summed E-state index contributed by atoms with van der Waals surface area (Å²) < 4.78 is 11.2. The van der Waals surface area contributed by atoms with E-state index in [1.807, 2.05) is 26.0 Å². The summed E-state index contributed by atoms with van der Waals surface area (Å²) in [6.07, 6.45) is 1.58. The predicted octanol–water partition coefficient (Wildman–Crippen LogP) is 3.16. The third-order valence-electron chi connectivity index (χ3n) is 3.99. The summed E-state index contributed by atoms with van der Waals surface area (Å²) in [4.78, 5) is 0. The first-order valence-corrected chi connectivity index (χ1v) is 7.03. The van der Waals surface area contributed by atoms with Gasteiger partial charge in [0.2, 0.25) is 0 Å². The second kappa shape index (κ2) is 5.93. The van der Waals surface area contributed by atoms with Crippen molar-refractivity contribution in [2.24, 2.45) is 5.92 Å². The van der Waals surface area contributed by atoms with E-state index in [4.69, 9.17) is 9.47 Å². The zero-order valence-corrected chi connectivity index (χ0v) is 12.3. The van der Waals surface area contributed by atoms with Crippen molar-refractivity contribution in [2.45, 2.75) is 45.8 Å². The molecule has 0 aromatic heterocycles. The van der Waals surface area contributed by atoms with E-state index in [2.05, 4.69) is 6.92 Å². The first-order chi connectivity index (χ1) is 9.10. The van der Waals surface area contributed by atoms with Crippen LogP contribution in [0.5, 0.6) is 5.75 Å². The molecule has 3 nitrogen and oxygen atoms in total. The van der Waals surface area contributed by atoms with Crippen LogP contribution < -0.4 is 4.74 Å². The Morgan fingerprint density at radius 3 is 2.53 bits per heavy atom. The van der Waals surface area contributed by atoms with Gasteiger partial charge in [-0.15, -0.1) is 0 Å². The van der Waals surface area contributed by atoms with Crippen LogP contribution in [0.15, 0.2) is 12.1 Å². The summed E-state index contributed by atoms with van der Waals surface area (Å²) in [5.74, 6) is 1.28. The van der Waals surface area contributed by atoms with Gasteiger partial charge < -0.3 is 14.6 Å². The Bertz CT molecular complexity index is 438. The fourth-order valence-corrected chi connectivity index (χ4v) is 2.59. The lowest BCUT2D eigenvalue weighted by Gasteiger charge is -2.25. The average Bonchev–Trinajstić information content (AvgIpc) is 3.22. The van der Waals surface area contributed by atoms with Crippen LogP contribution in [-0.4, -0.2) is 24.9 Å². The normalized spacial score (nSPS) is 18.2. The smallest absolute Gasteiger partial charge is 0.127 e. The summed E-state index contributed by atoms with van der Waals surface area (Å²) in [5.41, 5.74) is 3.10. The molecule has 3 heteroatoms. The van der Waals surface area contributed by atoms with Crippen molar-refractivity contribution in [1.29, 1.82) is 0 Å². The summed E-state index contributed by atoms with van der Waals surface area (Å²) in [6.45, 7) is 6.68. The van der Waals surface area contributed by atoms with E-state index in [1.165, 1.54) is 5.56 Å². The van der Waals surface area contributed by atoms with Crippen molar-refractivity contribution in [3.63, 3.8) is 0 Å². The van der Waals surface area contributed by atoms with Crippen LogP contribution in [0.1, 0.15) is 42.6 Å². The van der Waals surface area contributed by atoms with E-state index in [1.54, 1.807) is 7.11 Å². The molecule has 1 aliphatic carbocycles. The fourth-order valence-electron chi connectivity index (χ4n) is 2.59. The largest absolute Gasteiger partial charge is 0.496 e. The molecule has 1 aliphatic rings. The van der Waals surface area contributed by atoms with Crippen molar-refractivity contribution in [1.82, 2.24) is 0 Å². The molecule has 1 saturated carbocycles. The quantitative estimate of drug-likeness (QED) is 0.857. The standard InChI is InChI=1S/C16H24O3/c1-5-19-16(12-7-8-12)14(17)13-9-6-10(2)11(3)15(13)18-4/h6,9,12,14,16-17H,5,7-8H2,1-4H3.